The number of hydrogen-bond acceptors (Lipinski definition) is 7. The highest BCUT2D eigenvalue weighted by Gasteiger charge is 2.13. The predicted octanol–water partition coefficient (Wildman–Crippen LogP) is 4.39. The monoisotopic (exact) mass is 367 g/mol. The molecule has 0 bridgehead atoms. The predicted molar refractivity (Wildman–Crippen MR) is 98.1 cm³/mol. The second-order valence-corrected chi connectivity index (χ2v) is 6.95. The molecule has 0 spiro atoms. The average Bonchev–Trinajstić information content (AvgIpc) is 2.47. The van der Waals surface area contributed by atoms with Gasteiger partial charge < -0.3 is 14.4 Å². The van der Waals surface area contributed by atoms with Crippen LogP contribution < -0.4 is 4.90 Å². The maximum atomic E-state index is 6.23. The summed E-state index contributed by atoms with van der Waals surface area (Å²) in [6, 6.07) is 7.63. The Balaban J connectivity index is 2.75. The molecule has 0 aliphatic heterocycles. The molecule has 0 amide bonds. The zero-order chi connectivity index (χ0) is 15.0. The lowest BCUT2D eigenvalue weighted by Gasteiger charge is -2.24. The van der Waals surface area contributed by atoms with Crippen molar-refractivity contribution in [1.82, 2.24) is 0 Å². The second kappa shape index (κ2) is 9.68. The lowest BCUT2D eigenvalue weighted by molar-refractivity contribution is 0.426. The third-order valence-corrected chi connectivity index (χ3v) is 5.25. The summed E-state index contributed by atoms with van der Waals surface area (Å²) in [6.07, 6.45) is 0. The van der Waals surface area contributed by atoms with E-state index in [0.717, 1.165) is 5.69 Å². The maximum Gasteiger partial charge on any atom is 0.221 e. The normalized spacial score (nSPS) is 9.95. The minimum Gasteiger partial charge on any atom is -0.482 e. The molecule has 0 N–H and O–H groups in total. The van der Waals surface area contributed by atoms with E-state index in [9.17, 15) is 0 Å². The SMILES string of the molecule is COC(=S)SCN(CSC(=S)OC)c1ccccc1Cl. The highest BCUT2D eigenvalue weighted by molar-refractivity contribution is 8.23. The summed E-state index contributed by atoms with van der Waals surface area (Å²) in [5, 5.41) is 0.681. The molecule has 0 aromatic heterocycles. The highest BCUT2D eigenvalue weighted by Crippen LogP contribution is 2.28. The molecule has 1 aromatic carbocycles. The number of ether oxygens (including phenoxy) is 2. The van der Waals surface area contributed by atoms with E-state index in [0.29, 0.717) is 25.5 Å². The molecule has 0 aliphatic rings. The summed E-state index contributed by atoms with van der Waals surface area (Å²) in [5.41, 5.74) is 0.923. The Morgan fingerprint density at radius 3 is 2.05 bits per heavy atom. The van der Waals surface area contributed by atoms with Gasteiger partial charge in [-0.1, -0.05) is 47.3 Å². The van der Waals surface area contributed by atoms with E-state index >= 15 is 0 Å². The van der Waals surface area contributed by atoms with Gasteiger partial charge in [0, 0.05) is 0 Å². The summed E-state index contributed by atoms with van der Waals surface area (Å²) in [4.78, 5) is 2.06. The second-order valence-electron chi connectivity index (χ2n) is 3.45. The first kappa shape index (κ1) is 17.8. The first-order chi connectivity index (χ1) is 9.58. The van der Waals surface area contributed by atoms with Gasteiger partial charge in [-0.15, -0.1) is 0 Å². The number of thioether (sulfide) groups is 2. The van der Waals surface area contributed by atoms with E-state index in [-0.39, 0.29) is 0 Å². The molecule has 3 nitrogen and oxygen atoms in total. The van der Waals surface area contributed by atoms with Gasteiger partial charge in [0.05, 0.1) is 36.7 Å². The summed E-state index contributed by atoms with van der Waals surface area (Å²) in [7, 11) is 3.12. The van der Waals surface area contributed by atoms with Gasteiger partial charge in [-0.25, -0.2) is 0 Å². The van der Waals surface area contributed by atoms with Crippen molar-refractivity contribution >= 4 is 74.0 Å². The van der Waals surface area contributed by atoms with Gasteiger partial charge in [0.25, 0.3) is 0 Å². The maximum absolute atomic E-state index is 6.23. The van der Waals surface area contributed by atoms with Gasteiger partial charge in [-0.3, -0.25) is 0 Å². The Morgan fingerprint density at radius 2 is 1.60 bits per heavy atom. The van der Waals surface area contributed by atoms with E-state index in [2.05, 4.69) is 4.90 Å². The van der Waals surface area contributed by atoms with Crippen LogP contribution >= 0.6 is 59.6 Å². The number of methoxy groups -OCH3 is 2. The molecule has 0 saturated carbocycles. The van der Waals surface area contributed by atoms with Crippen molar-refractivity contribution in [2.24, 2.45) is 0 Å². The van der Waals surface area contributed by atoms with Crippen molar-refractivity contribution in [3.8, 4) is 0 Å². The Bertz CT molecular complexity index is 453. The van der Waals surface area contributed by atoms with Crippen molar-refractivity contribution in [1.29, 1.82) is 0 Å². The minimum absolute atomic E-state index is 0.487. The van der Waals surface area contributed by atoms with Crippen LogP contribution in [0, 0.1) is 0 Å². The first-order valence-electron chi connectivity index (χ1n) is 5.49. The number of rotatable bonds is 5. The Hall–Kier alpha value is -0.210. The standard InChI is InChI=1S/C12H14ClNO2S4/c1-15-11(17)19-7-14(8-20-12(18)16-2)10-6-4-3-5-9(10)13/h3-6H,7-8H2,1-2H3. The smallest absolute Gasteiger partial charge is 0.221 e. The molecule has 20 heavy (non-hydrogen) atoms. The zero-order valence-corrected chi connectivity index (χ0v) is 15.0. The summed E-state index contributed by atoms with van der Waals surface area (Å²) in [5.74, 6) is 1.24. The number of para-hydroxylation sites is 1. The number of hydrogen-bond donors (Lipinski definition) is 0. The molecular weight excluding hydrogens is 354 g/mol. The Kier molecular flexibility index (Phi) is 8.63. The van der Waals surface area contributed by atoms with E-state index < -0.39 is 0 Å². The highest BCUT2D eigenvalue weighted by atomic mass is 35.5. The van der Waals surface area contributed by atoms with Crippen LogP contribution in [0.2, 0.25) is 5.02 Å². The molecule has 1 rings (SSSR count). The fraction of sp³-hybridized carbons (Fsp3) is 0.333. The van der Waals surface area contributed by atoms with Crippen molar-refractivity contribution in [2.75, 3.05) is 30.9 Å². The van der Waals surface area contributed by atoms with Crippen LogP contribution in [0.1, 0.15) is 0 Å². The third-order valence-electron chi connectivity index (χ3n) is 2.20. The van der Waals surface area contributed by atoms with Crippen molar-refractivity contribution < 1.29 is 9.47 Å². The molecule has 0 fully saturated rings. The minimum atomic E-state index is 0.487. The van der Waals surface area contributed by atoms with Crippen LogP contribution in [-0.2, 0) is 9.47 Å². The van der Waals surface area contributed by atoms with Crippen LogP contribution in [0.15, 0.2) is 24.3 Å². The topological polar surface area (TPSA) is 21.7 Å². The number of halogens is 1. The molecule has 8 heteroatoms. The van der Waals surface area contributed by atoms with Gasteiger partial charge >= 0.3 is 0 Å². The summed E-state index contributed by atoms with van der Waals surface area (Å²) in [6.45, 7) is 0. The van der Waals surface area contributed by atoms with Gasteiger partial charge in [-0.05, 0) is 36.6 Å². The van der Waals surface area contributed by atoms with E-state index in [1.165, 1.54) is 23.5 Å². The van der Waals surface area contributed by atoms with Gasteiger partial charge in [-0.2, -0.15) is 0 Å². The summed E-state index contributed by atoms with van der Waals surface area (Å²) >= 11 is 19.2. The zero-order valence-electron chi connectivity index (χ0n) is 11.0. The van der Waals surface area contributed by atoms with E-state index in [1.807, 2.05) is 24.3 Å². The molecule has 0 aliphatic carbocycles. The van der Waals surface area contributed by atoms with E-state index in [4.69, 9.17) is 45.5 Å². The lowest BCUT2D eigenvalue weighted by atomic mass is 10.3. The molecule has 0 radical (unpaired) electrons. The molecular formula is C12H14ClNO2S4. The number of anilines is 1. The van der Waals surface area contributed by atoms with Crippen LogP contribution in [0.3, 0.4) is 0 Å². The molecule has 0 heterocycles. The molecule has 110 valence electrons. The fourth-order valence-electron chi connectivity index (χ4n) is 1.26. The van der Waals surface area contributed by atoms with Crippen molar-refractivity contribution in [2.45, 2.75) is 0 Å². The van der Waals surface area contributed by atoms with Crippen LogP contribution in [0.25, 0.3) is 0 Å². The Labute approximate surface area is 143 Å². The van der Waals surface area contributed by atoms with Crippen molar-refractivity contribution in [3.05, 3.63) is 29.3 Å². The number of benzene rings is 1. The Morgan fingerprint density at radius 1 is 1.10 bits per heavy atom. The number of thiocarbonyl (C=S) groups is 2. The van der Waals surface area contributed by atoms with Gasteiger partial charge in [0.15, 0.2) is 0 Å². The van der Waals surface area contributed by atoms with Crippen molar-refractivity contribution in [3.63, 3.8) is 0 Å². The average molecular weight is 368 g/mol. The summed E-state index contributed by atoms with van der Waals surface area (Å²) < 4.78 is 11.0. The van der Waals surface area contributed by atoms with E-state index in [1.54, 1.807) is 14.2 Å². The van der Waals surface area contributed by atoms with Gasteiger partial charge in [0.1, 0.15) is 0 Å². The first-order valence-corrected chi connectivity index (χ1v) is 8.66. The quantitative estimate of drug-likeness (QED) is 0.561. The lowest BCUT2D eigenvalue weighted by Crippen LogP contribution is -2.24. The van der Waals surface area contributed by atoms with Crippen LogP contribution in [0.4, 0.5) is 5.69 Å². The number of nitrogens with zero attached hydrogens (tertiary/aromatic N) is 1. The fourth-order valence-corrected chi connectivity index (χ4v) is 3.17. The third kappa shape index (κ3) is 6.05. The molecule has 0 unspecified atom stereocenters. The molecule has 0 saturated heterocycles. The largest absolute Gasteiger partial charge is 0.482 e. The van der Waals surface area contributed by atoms with Crippen LogP contribution in [-0.4, -0.2) is 34.7 Å². The molecule has 0 atom stereocenters. The van der Waals surface area contributed by atoms with Crippen LogP contribution in [0.5, 0.6) is 0 Å². The molecule has 1 aromatic rings. The van der Waals surface area contributed by atoms with Gasteiger partial charge in [0.2, 0.25) is 8.77 Å².